The number of allylic oxidation sites excluding steroid dienone is 1. The second kappa shape index (κ2) is 8.56. The third-order valence-electron chi connectivity index (χ3n) is 4.28. The highest BCUT2D eigenvalue weighted by atomic mass is 79.9. The van der Waals surface area contributed by atoms with E-state index in [-0.39, 0.29) is 31.7 Å². The van der Waals surface area contributed by atoms with E-state index >= 15 is 0 Å². The molecule has 0 heterocycles. The normalized spacial score (nSPS) is 14.1. The topological polar surface area (TPSA) is 17.1 Å². The molecule has 8 heteroatoms. The van der Waals surface area contributed by atoms with Gasteiger partial charge in [-0.15, -0.1) is 0 Å². The molecule has 2 rings (SSSR count). The molecule has 0 bridgehead atoms. The first kappa shape index (κ1) is 23.5. The predicted octanol–water partition coefficient (Wildman–Crippen LogP) is 8.17. The Morgan fingerprint density at radius 1 is 1.10 bits per heavy atom. The zero-order chi connectivity index (χ0) is 22.1. The van der Waals surface area contributed by atoms with E-state index in [2.05, 4.69) is 15.9 Å². The molecule has 0 amide bonds. The Morgan fingerprint density at radius 3 is 2.21 bits per heavy atom. The average molecular weight is 496 g/mol. The standard InChI is InChI=1S/C21H17BrClF5O/c1-11(29)14-6-4-13(8-16(14)20(2,3)25)19(24)10-15(21(26,27)28)12-5-7-18(23)17(22)9-12/h4-10,15H,1-3H3/b19-10-. The molecule has 1 unspecified atom stereocenters. The lowest BCUT2D eigenvalue weighted by Crippen LogP contribution is -2.19. The number of halogens is 7. The maximum Gasteiger partial charge on any atom is 0.399 e. The number of benzene rings is 2. The Labute approximate surface area is 178 Å². The van der Waals surface area contributed by atoms with Gasteiger partial charge in [-0.1, -0.05) is 29.8 Å². The molecule has 0 aliphatic carbocycles. The Hall–Kier alpha value is -1.73. The molecule has 0 saturated carbocycles. The average Bonchev–Trinajstić information content (AvgIpc) is 2.59. The van der Waals surface area contributed by atoms with Crippen LogP contribution in [0.1, 0.15) is 53.7 Å². The number of Topliss-reactive ketones (excluding diaryl/α,β-unsaturated/α-hetero) is 1. The number of rotatable bonds is 5. The molecule has 2 aromatic rings. The Kier molecular flexibility index (Phi) is 6.95. The Balaban J connectivity index is 2.58. The van der Waals surface area contributed by atoms with Gasteiger partial charge in [-0.25, -0.2) is 8.78 Å². The SMILES string of the molecule is CC(=O)c1ccc(/C(F)=C/C(c2ccc(Cl)c(Br)c2)C(F)(F)F)cc1C(C)(C)F. The van der Waals surface area contributed by atoms with Crippen molar-refractivity contribution in [2.24, 2.45) is 0 Å². The summed E-state index contributed by atoms with van der Waals surface area (Å²) in [5.74, 6) is -3.86. The van der Waals surface area contributed by atoms with Crippen LogP contribution in [-0.4, -0.2) is 12.0 Å². The minimum absolute atomic E-state index is 0.0445. The van der Waals surface area contributed by atoms with Gasteiger partial charge >= 0.3 is 6.18 Å². The van der Waals surface area contributed by atoms with Crippen LogP contribution in [0.4, 0.5) is 22.0 Å². The highest BCUT2D eigenvalue weighted by Crippen LogP contribution is 2.40. The summed E-state index contributed by atoms with van der Waals surface area (Å²) in [5, 5.41) is 0.216. The van der Waals surface area contributed by atoms with Gasteiger partial charge in [0.25, 0.3) is 0 Å². The molecule has 0 aliphatic rings. The Morgan fingerprint density at radius 2 is 1.72 bits per heavy atom. The minimum atomic E-state index is -4.77. The molecule has 0 aromatic heterocycles. The summed E-state index contributed by atoms with van der Waals surface area (Å²) in [6, 6.07) is 7.03. The van der Waals surface area contributed by atoms with Gasteiger partial charge in [-0.2, -0.15) is 13.2 Å². The van der Waals surface area contributed by atoms with Crippen molar-refractivity contribution in [1.29, 1.82) is 0 Å². The van der Waals surface area contributed by atoms with Gasteiger partial charge in [0.1, 0.15) is 17.4 Å². The number of carbonyl (C=O) groups is 1. The molecule has 1 nitrogen and oxygen atoms in total. The van der Waals surface area contributed by atoms with Crippen LogP contribution in [0.2, 0.25) is 5.02 Å². The van der Waals surface area contributed by atoms with Crippen molar-refractivity contribution in [3.8, 4) is 0 Å². The molecule has 2 aromatic carbocycles. The van der Waals surface area contributed by atoms with Crippen molar-refractivity contribution in [2.75, 3.05) is 0 Å². The first-order chi connectivity index (χ1) is 13.2. The summed E-state index contributed by atoms with van der Waals surface area (Å²) in [6.07, 6.45) is -4.35. The quantitative estimate of drug-likeness (QED) is 0.302. The van der Waals surface area contributed by atoms with Crippen LogP contribution in [0, 0.1) is 0 Å². The first-order valence-corrected chi connectivity index (χ1v) is 9.62. The van der Waals surface area contributed by atoms with Crippen LogP contribution < -0.4 is 0 Å². The number of hydrogen-bond acceptors (Lipinski definition) is 1. The molecule has 29 heavy (non-hydrogen) atoms. The van der Waals surface area contributed by atoms with Gasteiger partial charge in [0.05, 0.1) is 5.02 Å². The van der Waals surface area contributed by atoms with Gasteiger partial charge in [0.15, 0.2) is 5.78 Å². The van der Waals surface area contributed by atoms with Gasteiger partial charge < -0.3 is 0 Å². The number of ketones is 1. The molecule has 0 saturated heterocycles. The summed E-state index contributed by atoms with van der Waals surface area (Å²) in [7, 11) is 0. The molecule has 0 spiro atoms. The monoisotopic (exact) mass is 494 g/mol. The number of hydrogen-bond donors (Lipinski definition) is 0. The van der Waals surface area contributed by atoms with Crippen LogP contribution in [0.3, 0.4) is 0 Å². The van der Waals surface area contributed by atoms with Crippen molar-refractivity contribution in [1.82, 2.24) is 0 Å². The van der Waals surface area contributed by atoms with E-state index in [1.54, 1.807) is 0 Å². The predicted molar refractivity (Wildman–Crippen MR) is 108 cm³/mol. The summed E-state index contributed by atoms with van der Waals surface area (Å²) < 4.78 is 70.3. The first-order valence-electron chi connectivity index (χ1n) is 8.45. The van der Waals surface area contributed by atoms with Gasteiger partial charge in [-0.05, 0) is 72.1 Å². The van der Waals surface area contributed by atoms with E-state index in [1.807, 2.05) is 0 Å². The van der Waals surface area contributed by atoms with Crippen molar-refractivity contribution in [3.05, 3.63) is 74.2 Å². The third-order valence-corrected chi connectivity index (χ3v) is 5.50. The zero-order valence-electron chi connectivity index (χ0n) is 15.7. The highest BCUT2D eigenvalue weighted by molar-refractivity contribution is 9.10. The van der Waals surface area contributed by atoms with E-state index < -0.39 is 29.4 Å². The van der Waals surface area contributed by atoms with Crippen LogP contribution >= 0.6 is 27.5 Å². The molecule has 156 valence electrons. The molecule has 0 N–H and O–H groups in total. The Bertz CT molecular complexity index is 961. The molecule has 0 aliphatic heterocycles. The number of alkyl halides is 4. The lowest BCUT2D eigenvalue weighted by atomic mass is 9.90. The van der Waals surface area contributed by atoms with Crippen LogP contribution in [0.5, 0.6) is 0 Å². The summed E-state index contributed by atoms with van der Waals surface area (Å²) in [4.78, 5) is 11.7. The molecule has 0 fully saturated rings. The van der Waals surface area contributed by atoms with Crippen LogP contribution in [0.25, 0.3) is 5.83 Å². The molecule has 0 radical (unpaired) electrons. The third kappa shape index (κ3) is 5.66. The summed E-state index contributed by atoms with van der Waals surface area (Å²) >= 11 is 8.88. The second-order valence-corrected chi connectivity index (χ2v) is 8.26. The van der Waals surface area contributed by atoms with Crippen molar-refractivity contribution in [2.45, 2.75) is 38.5 Å². The highest BCUT2D eigenvalue weighted by Gasteiger charge is 2.40. The van der Waals surface area contributed by atoms with Crippen molar-refractivity contribution < 1.29 is 26.7 Å². The van der Waals surface area contributed by atoms with E-state index in [9.17, 15) is 26.7 Å². The van der Waals surface area contributed by atoms with E-state index in [4.69, 9.17) is 11.6 Å². The van der Waals surface area contributed by atoms with E-state index in [1.165, 1.54) is 39.0 Å². The fourth-order valence-electron chi connectivity index (χ4n) is 2.82. The molecular weight excluding hydrogens is 479 g/mol. The minimum Gasteiger partial charge on any atom is -0.294 e. The summed E-state index contributed by atoms with van der Waals surface area (Å²) in [5.41, 5.74) is -2.50. The summed E-state index contributed by atoms with van der Waals surface area (Å²) in [6.45, 7) is 3.60. The van der Waals surface area contributed by atoms with E-state index in [0.717, 1.165) is 18.2 Å². The maximum absolute atomic E-state index is 14.8. The smallest absolute Gasteiger partial charge is 0.294 e. The van der Waals surface area contributed by atoms with Gasteiger partial charge in [-0.3, -0.25) is 4.79 Å². The van der Waals surface area contributed by atoms with Gasteiger partial charge in [0, 0.05) is 15.6 Å². The van der Waals surface area contributed by atoms with Crippen LogP contribution in [-0.2, 0) is 5.67 Å². The maximum atomic E-state index is 14.8. The lowest BCUT2D eigenvalue weighted by molar-refractivity contribution is -0.139. The largest absolute Gasteiger partial charge is 0.399 e. The fourth-order valence-corrected chi connectivity index (χ4v) is 3.33. The fraction of sp³-hybridized carbons (Fsp3) is 0.286. The molecular formula is C21H17BrClF5O. The van der Waals surface area contributed by atoms with Crippen molar-refractivity contribution in [3.63, 3.8) is 0 Å². The van der Waals surface area contributed by atoms with Crippen LogP contribution in [0.15, 0.2) is 46.9 Å². The second-order valence-electron chi connectivity index (χ2n) is 7.00. The van der Waals surface area contributed by atoms with Crippen molar-refractivity contribution >= 4 is 39.1 Å². The van der Waals surface area contributed by atoms with E-state index in [0.29, 0.717) is 6.08 Å². The van der Waals surface area contributed by atoms with Gasteiger partial charge in [0.2, 0.25) is 0 Å². The zero-order valence-corrected chi connectivity index (χ0v) is 18.0. The lowest BCUT2D eigenvalue weighted by Gasteiger charge is -2.20. The number of carbonyl (C=O) groups excluding carboxylic acids is 1. The molecule has 1 atom stereocenters.